The summed E-state index contributed by atoms with van der Waals surface area (Å²) in [5.74, 6) is -3.49. The Hall–Kier alpha value is -2.90. The van der Waals surface area contributed by atoms with Gasteiger partial charge in [-0.2, -0.15) is 0 Å². The van der Waals surface area contributed by atoms with Crippen LogP contribution in [0.15, 0.2) is 21.7 Å². The largest absolute Gasteiger partial charge is 0.292 e. The van der Waals surface area contributed by atoms with Crippen LogP contribution in [0.2, 0.25) is 0 Å². The SMILES string of the molecule is CC1(C)C(N=C2C(=O)C3CC4CC(F)C(F)CC4CC3C2=O)=Cc2sc3c(sc4cc(N=C5C(=O)C6CC7CC(F)C(F)CC7CC6C5=O)sc43)c21. The van der Waals surface area contributed by atoms with Crippen molar-refractivity contribution in [3.63, 3.8) is 0 Å². The van der Waals surface area contributed by atoms with Crippen LogP contribution in [-0.2, 0) is 24.6 Å². The molecule has 6 fully saturated rings. The van der Waals surface area contributed by atoms with Crippen molar-refractivity contribution in [3.8, 4) is 0 Å². The minimum absolute atomic E-state index is 0.0308. The maximum atomic E-state index is 14.2. The number of halogens is 4. The van der Waals surface area contributed by atoms with Gasteiger partial charge in [0.05, 0.1) is 19.8 Å². The van der Waals surface area contributed by atoms with Crippen molar-refractivity contribution >= 4 is 98.4 Å². The molecule has 12 unspecified atom stereocenters. The lowest BCUT2D eigenvalue weighted by molar-refractivity contribution is -0.124. The van der Waals surface area contributed by atoms with E-state index in [0.717, 1.165) is 29.2 Å². The van der Waals surface area contributed by atoms with Gasteiger partial charge in [-0.05, 0) is 92.7 Å². The van der Waals surface area contributed by atoms with E-state index in [1.54, 1.807) is 22.7 Å². The predicted molar refractivity (Wildman–Crippen MR) is 195 cm³/mol. The van der Waals surface area contributed by atoms with Gasteiger partial charge < -0.3 is 0 Å². The monoisotopic (exact) mass is 768 g/mol. The van der Waals surface area contributed by atoms with E-state index >= 15 is 0 Å². The van der Waals surface area contributed by atoms with Crippen molar-refractivity contribution in [2.75, 3.05) is 0 Å². The Labute approximate surface area is 308 Å². The smallest absolute Gasteiger partial charge is 0.188 e. The number of alkyl halides is 4. The Morgan fingerprint density at radius 2 is 1.02 bits per heavy atom. The first kappa shape index (κ1) is 33.7. The van der Waals surface area contributed by atoms with Gasteiger partial charge in [0.15, 0.2) is 28.8 Å². The second kappa shape index (κ2) is 11.6. The number of rotatable bonds is 2. The van der Waals surface area contributed by atoms with Gasteiger partial charge in [-0.25, -0.2) is 27.5 Å². The van der Waals surface area contributed by atoms with E-state index in [2.05, 4.69) is 4.99 Å². The summed E-state index contributed by atoms with van der Waals surface area (Å²) in [7, 11) is 0. The first-order valence-corrected chi connectivity index (χ1v) is 20.8. The number of hydrogen-bond donors (Lipinski definition) is 0. The molecule has 10 rings (SSSR count). The fraction of sp³-hybridized carbons (Fsp3) is 0.590. The molecular weight excluding hydrogens is 733 g/mol. The lowest BCUT2D eigenvalue weighted by atomic mass is 9.63. The Morgan fingerprint density at radius 3 is 1.48 bits per heavy atom. The third kappa shape index (κ3) is 4.75. The van der Waals surface area contributed by atoms with E-state index in [-0.39, 0.29) is 83.9 Å². The summed E-state index contributed by atoms with van der Waals surface area (Å²) in [4.78, 5) is 64.5. The zero-order valence-electron chi connectivity index (χ0n) is 28.5. The quantitative estimate of drug-likeness (QED) is 0.243. The maximum absolute atomic E-state index is 14.2. The highest BCUT2D eigenvalue weighted by atomic mass is 32.1. The number of ketones is 4. The first-order chi connectivity index (χ1) is 24.8. The fourth-order valence-corrected chi connectivity index (χ4v) is 15.3. The van der Waals surface area contributed by atoms with Crippen molar-refractivity contribution in [1.29, 1.82) is 0 Å². The van der Waals surface area contributed by atoms with E-state index < -0.39 is 53.8 Å². The van der Waals surface area contributed by atoms with E-state index in [4.69, 9.17) is 4.99 Å². The van der Waals surface area contributed by atoms with Crippen LogP contribution in [-0.4, -0.2) is 59.2 Å². The first-order valence-electron chi connectivity index (χ1n) is 18.4. The zero-order chi connectivity index (χ0) is 36.1. The number of thiophene rings is 3. The number of fused-ring (bicyclic) bond motifs is 9. The number of carbonyl (C=O) groups excluding carboxylic acids is 4. The zero-order valence-corrected chi connectivity index (χ0v) is 31.0. The van der Waals surface area contributed by atoms with Crippen LogP contribution in [0.4, 0.5) is 22.6 Å². The van der Waals surface area contributed by atoms with E-state index in [1.807, 2.05) is 26.0 Å². The number of nitrogens with zero attached hydrogens (tertiary/aromatic N) is 2. The summed E-state index contributed by atoms with van der Waals surface area (Å²) in [6.45, 7) is 4.07. The average Bonchev–Trinajstić information content (AvgIpc) is 3.89. The molecule has 0 bridgehead atoms. The van der Waals surface area contributed by atoms with Crippen molar-refractivity contribution in [2.45, 2.75) is 95.3 Å². The van der Waals surface area contributed by atoms with Gasteiger partial charge in [-0.1, -0.05) is 13.8 Å². The van der Waals surface area contributed by atoms with Crippen molar-refractivity contribution in [3.05, 3.63) is 22.2 Å². The highest BCUT2D eigenvalue weighted by molar-refractivity contribution is 7.39. The van der Waals surface area contributed by atoms with Crippen LogP contribution in [0.3, 0.4) is 0 Å². The molecule has 3 aromatic rings. The molecular formula is C39H36F4N2O4S3. The summed E-state index contributed by atoms with van der Waals surface area (Å²) >= 11 is 4.62. The van der Waals surface area contributed by atoms with Gasteiger partial charge in [0.1, 0.15) is 35.4 Å². The molecule has 0 radical (unpaired) electrons. The summed E-state index contributed by atoms with van der Waals surface area (Å²) in [6.07, 6.45) is -2.01. The lowest BCUT2D eigenvalue weighted by Gasteiger charge is -2.42. The highest BCUT2D eigenvalue weighted by Crippen LogP contribution is 2.57. The third-order valence-corrected chi connectivity index (χ3v) is 17.4. The molecule has 6 nitrogen and oxygen atoms in total. The number of carbonyl (C=O) groups is 4. The minimum Gasteiger partial charge on any atom is -0.292 e. The standard InChI is InChI=1S/C39H36F4N2O4S3/c1-39(2)27(44-30-32(46)17-3-13-7-21(40)22(41)8-14(13)4-18(17)33(30)47)11-25-29(39)37-38(50-25)36-26(51-37)12-28(52-36)45-31-34(48)19-5-15-9-23(42)24(43)10-16(15)6-20(19)35(31)49/h11-24H,3-10H2,1-2H3. The van der Waals surface area contributed by atoms with Gasteiger partial charge in [0.25, 0.3) is 0 Å². The fourth-order valence-electron chi connectivity index (χ4n) is 10.9. The summed E-state index contributed by atoms with van der Waals surface area (Å²) in [6, 6.07) is 1.91. The van der Waals surface area contributed by atoms with Gasteiger partial charge in [-0.3, -0.25) is 19.2 Å². The Kier molecular flexibility index (Phi) is 7.48. The van der Waals surface area contributed by atoms with Crippen molar-refractivity contribution in [1.82, 2.24) is 0 Å². The molecule has 0 spiro atoms. The van der Waals surface area contributed by atoms with Crippen molar-refractivity contribution in [2.24, 2.45) is 57.3 Å². The minimum atomic E-state index is -1.51. The third-order valence-electron chi connectivity index (χ3n) is 13.7. The van der Waals surface area contributed by atoms with Gasteiger partial charge in [0.2, 0.25) is 0 Å². The Balaban J connectivity index is 0.922. The van der Waals surface area contributed by atoms with Crippen LogP contribution in [0.1, 0.15) is 75.7 Å². The van der Waals surface area contributed by atoms with Crippen LogP contribution >= 0.6 is 34.0 Å². The molecule has 3 heterocycles. The number of hydrogen-bond acceptors (Lipinski definition) is 9. The molecule has 12 atom stereocenters. The number of allylic oxidation sites excluding steroid dienone is 1. The van der Waals surface area contributed by atoms with Gasteiger partial charge in [0, 0.05) is 38.7 Å². The molecule has 52 heavy (non-hydrogen) atoms. The molecule has 6 saturated carbocycles. The Morgan fingerprint density at radius 1 is 0.577 bits per heavy atom. The molecule has 272 valence electrons. The molecule has 7 aliphatic rings. The normalized spacial score (nSPS) is 39.5. The van der Waals surface area contributed by atoms with E-state index in [0.29, 0.717) is 36.4 Å². The topological polar surface area (TPSA) is 93.0 Å². The lowest BCUT2D eigenvalue weighted by Crippen LogP contribution is -2.41. The molecule has 13 heteroatoms. The van der Waals surface area contributed by atoms with E-state index in [9.17, 15) is 36.7 Å². The summed E-state index contributed by atoms with van der Waals surface area (Å²) < 4.78 is 60.8. The maximum Gasteiger partial charge on any atom is 0.188 e. The van der Waals surface area contributed by atoms with Crippen LogP contribution in [0.25, 0.3) is 24.9 Å². The predicted octanol–water partition coefficient (Wildman–Crippen LogP) is 9.08. The number of Topliss-reactive ketones (excluding diaryl/α,β-unsaturated/α-hetero) is 4. The van der Waals surface area contributed by atoms with E-state index in [1.165, 1.54) is 11.3 Å². The highest BCUT2D eigenvalue weighted by Gasteiger charge is 2.56. The van der Waals surface area contributed by atoms with Crippen LogP contribution < -0.4 is 0 Å². The summed E-state index contributed by atoms with van der Waals surface area (Å²) in [5.41, 5.74) is 1.06. The number of aliphatic imine (C=N–C) groups is 2. The molecule has 3 aromatic heterocycles. The Bertz CT molecular complexity index is 2150. The molecule has 0 N–H and O–H groups in total. The van der Waals surface area contributed by atoms with Crippen LogP contribution in [0, 0.1) is 47.3 Å². The summed E-state index contributed by atoms with van der Waals surface area (Å²) in [5, 5.41) is 0.572. The molecule has 0 saturated heterocycles. The molecule has 0 amide bonds. The van der Waals surface area contributed by atoms with Gasteiger partial charge >= 0.3 is 0 Å². The van der Waals surface area contributed by atoms with Crippen molar-refractivity contribution < 1.29 is 36.7 Å². The second-order valence-corrected chi connectivity index (χ2v) is 20.0. The second-order valence-electron chi connectivity index (χ2n) is 16.8. The molecule has 0 aliphatic heterocycles. The average molecular weight is 769 g/mol. The molecule has 0 aromatic carbocycles. The van der Waals surface area contributed by atoms with Crippen LogP contribution in [0.5, 0.6) is 0 Å². The van der Waals surface area contributed by atoms with Gasteiger partial charge in [-0.15, -0.1) is 34.0 Å². The molecule has 7 aliphatic carbocycles.